The summed E-state index contributed by atoms with van der Waals surface area (Å²) in [4.78, 5) is 7.14. The number of hydrogen-bond donors (Lipinski definition) is 1. The van der Waals surface area contributed by atoms with Crippen molar-refractivity contribution in [3.63, 3.8) is 0 Å². The van der Waals surface area contributed by atoms with E-state index in [1.807, 2.05) is 0 Å². The minimum atomic E-state index is -0.921. The van der Waals surface area contributed by atoms with Crippen molar-refractivity contribution in [2.24, 2.45) is 0 Å². The second-order valence-corrected chi connectivity index (χ2v) is 3.77. The molecule has 0 saturated heterocycles. The summed E-state index contributed by atoms with van der Waals surface area (Å²) in [6, 6.07) is 5.25. The summed E-state index contributed by atoms with van der Waals surface area (Å²) in [6.07, 6.45) is 0.881. The predicted molar refractivity (Wildman–Crippen MR) is 62.0 cm³/mol. The first-order valence-corrected chi connectivity index (χ1v) is 5.34. The van der Waals surface area contributed by atoms with Crippen molar-refractivity contribution in [1.29, 1.82) is 0 Å². The Morgan fingerprint density at radius 3 is 2.50 bits per heavy atom. The number of ether oxygens (including phenoxy) is 1. The molecule has 7 heteroatoms. The normalized spacial score (nSPS) is 12.2. The Labute approximate surface area is 106 Å². The van der Waals surface area contributed by atoms with Crippen molar-refractivity contribution in [3.05, 3.63) is 47.7 Å². The molecule has 0 fully saturated rings. The fourth-order valence-corrected chi connectivity index (χ4v) is 1.42. The number of anilines is 1. The highest BCUT2D eigenvalue weighted by atomic mass is 35.5. The Morgan fingerprint density at radius 2 is 1.89 bits per heavy atom. The van der Waals surface area contributed by atoms with Gasteiger partial charge in [-0.05, 0) is 12.1 Å². The van der Waals surface area contributed by atoms with E-state index in [4.69, 9.17) is 22.1 Å². The maximum absolute atomic E-state index is 12.8. The van der Waals surface area contributed by atoms with Crippen LogP contribution in [0, 0.1) is 11.6 Å². The van der Waals surface area contributed by atoms with Gasteiger partial charge in [0.05, 0.1) is 6.20 Å². The molecule has 2 N–H and O–H groups in total. The average Bonchev–Trinajstić information content (AvgIpc) is 2.34. The van der Waals surface area contributed by atoms with Gasteiger partial charge in [0.25, 0.3) is 0 Å². The first-order valence-electron chi connectivity index (χ1n) is 4.90. The van der Waals surface area contributed by atoms with E-state index in [-0.39, 0.29) is 17.6 Å². The minimum Gasteiger partial charge on any atom is -0.439 e. The topological polar surface area (TPSA) is 61.0 Å². The summed E-state index contributed by atoms with van der Waals surface area (Å²) in [5.74, 6) is -1.46. The van der Waals surface area contributed by atoms with Gasteiger partial charge in [-0.25, -0.2) is 13.8 Å². The van der Waals surface area contributed by atoms with Crippen LogP contribution in [0.4, 0.5) is 14.6 Å². The minimum absolute atomic E-state index is 0.154. The van der Waals surface area contributed by atoms with Crippen LogP contribution in [0.25, 0.3) is 0 Å². The third-order valence-corrected chi connectivity index (χ3v) is 2.43. The zero-order chi connectivity index (χ0) is 13.1. The fourth-order valence-electron chi connectivity index (χ4n) is 1.19. The van der Waals surface area contributed by atoms with Gasteiger partial charge in [0.2, 0.25) is 5.56 Å². The van der Waals surface area contributed by atoms with Gasteiger partial charge < -0.3 is 10.5 Å². The molecule has 1 heterocycles. The van der Waals surface area contributed by atoms with Crippen LogP contribution in [0.2, 0.25) is 0 Å². The lowest BCUT2D eigenvalue weighted by atomic mass is 10.2. The van der Waals surface area contributed by atoms with Crippen molar-refractivity contribution in [3.8, 4) is 6.01 Å². The summed E-state index contributed by atoms with van der Waals surface area (Å²) >= 11 is 5.93. The van der Waals surface area contributed by atoms with E-state index in [9.17, 15) is 8.78 Å². The van der Waals surface area contributed by atoms with Gasteiger partial charge in [-0.3, -0.25) is 0 Å². The lowest BCUT2D eigenvalue weighted by molar-refractivity contribution is 0.263. The van der Waals surface area contributed by atoms with E-state index >= 15 is 0 Å². The molecule has 0 aliphatic rings. The second kappa shape index (κ2) is 5.14. The molecule has 1 atom stereocenters. The van der Waals surface area contributed by atoms with Crippen LogP contribution in [-0.4, -0.2) is 9.97 Å². The van der Waals surface area contributed by atoms with Crippen LogP contribution in [0.15, 0.2) is 30.5 Å². The lowest BCUT2D eigenvalue weighted by Crippen LogP contribution is -2.06. The van der Waals surface area contributed by atoms with E-state index in [2.05, 4.69) is 9.97 Å². The Kier molecular flexibility index (Phi) is 3.57. The summed E-state index contributed by atoms with van der Waals surface area (Å²) in [6.45, 7) is 0. The summed E-state index contributed by atoms with van der Waals surface area (Å²) in [5, 5.41) is 0. The van der Waals surface area contributed by atoms with E-state index in [0.29, 0.717) is 5.56 Å². The molecule has 1 aromatic heterocycles. The number of alkyl halides is 1. The molecule has 1 aromatic carbocycles. The van der Waals surface area contributed by atoms with E-state index < -0.39 is 11.4 Å². The first kappa shape index (κ1) is 12.5. The van der Waals surface area contributed by atoms with Crippen molar-refractivity contribution < 1.29 is 13.5 Å². The Morgan fingerprint density at radius 1 is 1.22 bits per heavy atom. The molecule has 0 bridgehead atoms. The SMILES string of the molecule is Nc1nc(OC(Cl)c2ccc(F)cc2)ncc1F. The number of aromatic nitrogens is 2. The molecular formula is C11H8ClF2N3O. The highest BCUT2D eigenvalue weighted by molar-refractivity contribution is 6.20. The van der Waals surface area contributed by atoms with Crippen LogP contribution in [0.3, 0.4) is 0 Å². The lowest BCUT2D eigenvalue weighted by Gasteiger charge is -2.11. The summed E-state index contributed by atoms with van der Waals surface area (Å²) < 4.78 is 30.7. The number of nitrogen functional groups attached to an aromatic ring is 1. The van der Waals surface area contributed by atoms with Gasteiger partial charge in [-0.1, -0.05) is 23.7 Å². The van der Waals surface area contributed by atoms with Gasteiger partial charge in [0.15, 0.2) is 11.6 Å². The van der Waals surface area contributed by atoms with Crippen molar-refractivity contribution in [1.82, 2.24) is 9.97 Å². The van der Waals surface area contributed by atoms with E-state index in [1.165, 1.54) is 24.3 Å². The number of benzene rings is 1. The second-order valence-electron chi connectivity index (χ2n) is 3.37. The molecule has 0 spiro atoms. The van der Waals surface area contributed by atoms with Gasteiger partial charge in [-0.15, -0.1) is 0 Å². The number of nitrogens with zero attached hydrogens (tertiary/aromatic N) is 2. The Balaban J connectivity index is 2.13. The molecule has 2 rings (SSSR count). The predicted octanol–water partition coefficient (Wildman–Crippen LogP) is 2.65. The van der Waals surface area contributed by atoms with Crippen LogP contribution < -0.4 is 10.5 Å². The van der Waals surface area contributed by atoms with Crippen LogP contribution in [0.5, 0.6) is 6.01 Å². The molecule has 94 valence electrons. The number of hydrogen-bond acceptors (Lipinski definition) is 4. The Bertz CT molecular complexity index is 550. The number of nitrogens with two attached hydrogens (primary N) is 1. The zero-order valence-corrected chi connectivity index (χ0v) is 9.73. The van der Waals surface area contributed by atoms with E-state index in [0.717, 1.165) is 6.20 Å². The maximum atomic E-state index is 12.8. The highest BCUT2D eigenvalue weighted by Crippen LogP contribution is 2.23. The van der Waals surface area contributed by atoms with Gasteiger partial charge in [0.1, 0.15) is 5.82 Å². The molecular weight excluding hydrogens is 264 g/mol. The highest BCUT2D eigenvalue weighted by Gasteiger charge is 2.12. The molecule has 0 saturated carbocycles. The Hall–Kier alpha value is -1.95. The summed E-state index contributed by atoms with van der Waals surface area (Å²) in [7, 11) is 0. The van der Waals surface area contributed by atoms with Crippen molar-refractivity contribution in [2.45, 2.75) is 5.56 Å². The monoisotopic (exact) mass is 271 g/mol. The summed E-state index contributed by atoms with van der Waals surface area (Å²) in [5.41, 5.74) is 4.85. The average molecular weight is 272 g/mol. The van der Waals surface area contributed by atoms with Gasteiger partial charge >= 0.3 is 6.01 Å². The molecule has 18 heavy (non-hydrogen) atoms. The molecule has 2 aromatic rings. The quantitative estimate of drug-likeness (QED) is 0.872. The third kappa shape index (κ3) is 2.84. The molecule has 0 radical (unpaired) electrons. The molecule has 4 nitrogen and oxygen atoms in total. The number of rotatable bonds is 3. The molecule has 0 amide bonds. The third-order valence-electron chi connectivity index (χ3n) is 2.09. The van der Waals surface area contributed by atoms with Gasteiger partial charge in [-0.2, -0.15) is 4.98 Å². The molecule has 0 aliphatic carbocycles. The largest absolute Gasteiger partial charge is 0.439 e. The van der Waals surface area contributed by atoms with Gasteiger partial charge in [0, 0.05) is 5.56 Å². The van der Waals surface area contributed by atoms with Crippen molar-refractivity contribution in [2.75, 3.05) is 5.73 Å². The van der Waals surface area contributed by atoms with Crippen molar-refractivity contribution >= 4 is 17.4 Å². The van der Waals surface area contributed by atoms with Crippen LogP contribution in [0.1, 0.15) is 11.1 Å². The first-order chi connectivity index (χ1) is 8.56. The molecule has 0 aliphatic heterocycles. The number of halogens is 3. The van der Waals surface area contributed by atoms with E-state index in [1.54, 1.807) is 0 Å². The zero-order valence-electron chi connectivity index (χ0n) is 8.98. The molecule has 1 unspecified atom stereocenters. The smallest absolute Gasteiger partial charge is 0.320 e. The van der Waals surface area contributed by atoms with Crippen LogP contribution in [-0.2, 0) is 0 Å². The van der Waals surface area contributed by atoms with Crippen LogP contribution >= 0.6 is 11.6 Å². The fraction of sp³-hybridized carbons (Fsp3) is 0.0909. The maximum Gasteiger partial charge on any atom is 0.320 e. The standard InChI is InChI=1S/C11H8ClF2N3O/c12-9(6-1-3-7(13)4-2-6)18-11-16-5-8(14)10(15)17-11/h1-5,9H,(H2,15,16,17).